The second-order valence-electron chi connectivity index (χ2n) is 7.13. The van der Waals surface area contributed by atoms with E-state index in [9.17, 15) is 9.59 Å². The summed E-state index contributed by atoms with van der Waals surface area (Å²) in [6.07, 6.45) is 1.68. The van der Waals surface area contributed by atoms with E-state index in [1.165, 1.54) is 16.3 Å². The maximum Gasteiger partial charge on any atom is 0.266 e. The Morgan fingerprint density at radius 3 is 2.45 bits per heavy atom. The number of nitriles is 1. The highest BCUT2D eigenvalue weighted by atomic mass is 32.2. The van der Waals surface area contributed by atoms with Gasteiger partial charge in [-0.25, -0.2) is 4.98 Å². The molecule has 162 valence electrons. The zero-order valence-corrected chi connectivity index (χ0v) is 18.5. The predicted molar refractivity (Wildman–Crippen MR) is 132 cm³/mol. The first-order valence-electron chi connectivity index (χ1n) is 10.2. The third-order valence-electron chi connectivity index (χ3n) is 5.00. The number of nitrogens with zero attached hydrogens (tertiary/aromatic N) is 4. The number of carbonyl (C=O) groups excluding carboxylic acids is 1. The molecule has 0 fully saturated rings. The maximum atomic E-state index is 13.3. The van der Waals surface area contributed by atoms with Crippen LogP contribution in [0.2, 0.25) is 0 Å². The van der Waals surface area contributed by atoms with Crippen LogP contribution in [0.3, 0.4) is 0 Å². The van der Waals surface area contributed by atoms with Crippen LogP contribution >= 0.6 is 11.8 Å². The first-order chi connectivity index (χ1) is 16.1. The van der Waals surface area contributed by atoms with E-state index in [1.54, 1.807) is 53.4 Å². The monoisotopic (exact) mass is 452 g/mol. The zero-order valence-electron chi connectivity index (χ0n) is 17.7. The number of benzene rings is 3. The molecule has 4 rings (SSSR count). The van der Waals surface area contributed by atoms with E-state index in [2.05, 4.69) is 17.6 Å². The van der Waals surface area contributed by atoms with Gasteiger partial charge in [0.2, 0.25) is 5.91 Å². The Hall–Kier alpha value is -4.15. The van der Waals surface area contributed by atoms with Crippen molar-refractivity contribution >= 4 is 34.3 Å². The molecule has 0 aliphatic heterocycles. The summed E-state index contributed by atoms with van der Waals surface area (Å²) in [7, 11) is 0. The van der Waals surface area contributed by atoms with E-state index in [0.717, 1.165) is 5.69 Å². The third kappa shape index (κ3) is 4.71. The summed E-state index contributed by atoms with van der Waals surface area (Å²) < 4.78 is 1.49. The summed E-state index contributed by atoms with van der Waals surface area (Å²) in [5.74, 6) is -0.0380. The molecule has 4 aromatic rings. The molecule has 1 amide bonds. The van der Waals surface area contributed by atoms with Crippen LogP contribution in [-0.4, -0.2) is 27.8 Å². The molecule has 3 aromatic carbocycles. The van der Waals surface area contributed by atoms with Gasteiger partial charge in [0.25, 0.3) is 5.56 Å². The fraction of sp³-hybridized carbons (Fsp3) is 0.0769. The molecule has 0 aliphatic carbocycles. The minimum atomic E-state index is -0.230. The zero-order chi connectivity index (χ0) is 23.2. The van der Waals surface area contributed by atoms with Crippen LogP contribution in [0, 0.1) is 11.3 Å². The predicted octanol–water partition coefficient (Wildman–Crippen LogP) is 4.57. The molecular formula is C26H20N4O2S. The molecule has 0 N–H and O–H groups in total. The molecule has 0 saturated carbocycles. The molecule has 0 spiro atoms. The van der Waals surface area contributed by atoms with E-state index in [-0.39, 0.29) is 17.2 Å². The van der Waals surface area contributed by atoms with Crippen molar-refractivity contribution in [3.8, 4) is 11.8 Å². The lowest BCUT2D eigenvalue weighted by molar-refractivity contribution is -0.116. The lowest BCUT2D eigenvalue weighted by Gasteiger charge is -2.21. The number of para-hydroxylation sites is 2. The first-order valence-corrected chi connectivity index (χ1v) is 11.2. The standard InChI is InChI=1S/C26H20N4O2S/c1-2-16-29(20-8-4-3-5-9-20)24(31)18-33-26-28-23-11-7-6-10-22(23)25(32)30(26)21-14-12-19(17-27)13-15-21/h2-15H,1,16,18H2. The van der Waals surface area contributed by atoms with Crippen molar-refractivity contribution < 1.29 is 4.79 Å². The van der Waals surface area contributed by atoms with Gasteiger partial charge in [0.15, 0.2) is 5.16 Å². The number of hydrogen-bond donors (Lipinski definition) is 0. The molecule has 1 aromatic heterocycles. The minimum absolute atomic E-state index is 0.0871. The molecule has 0 bridgehead atoms. The summed E-state index contributed by atoms with van der Waals surface area (Å²) in [5.41, 5.74) is 2.18. The fourth-order valence-electron chi connectivity index (χ4n) is 3.41. The van der Waals surface area contributed by atoms with Gasteiger partial charge < -0.3 is 4.90 Å². The highest BCUT2D eigenvalue weighted by Crippen LogP contribution is 2.23. The van der Waals surface area contributed by atoms with Crippen LogP contribution < -0.4 is 10.5 Å². The summed E-state index contributed by atoms with van der Waals surface area (Å²) >= 11 is 1.20. The fourth-order valence-corrected chi connectivity index (χ4v) is 4.30. The van der Waals surface area contributed by atoms with Gasteiger partial charge in [-0.1, -0.05) is 48.2 Å². The van der Waals surface area contributed by atoms with Crippen LogP contribution in [-0.2, 0) is 4.79 Å². The van der Waals surface area contributed by atoms with E-state index in [4.69, 9.17) is 5.26 Å². The van der Waals surface area contributed by atoms with Gasteiger partial charge in [0.1, 0.15) is 0 Å². The average Bonchev–Trinajstić information content (AvgIpc) is 2.86. The van der Waals surface area contributed by atoms with Crippen LogP contribution in [0.25, 0.3) is 16.6 Å². The average molecular weight is 453 g/mol. The number of fused-ring (bicyclic) bond motifs is 1. The van der Waals surface area contributed by atoms with Crippen molar-refractivity contribution in [3.63, 3.8) is 0 Å². The van der Waals surface area contributed by atoms with Crippen LogP contribution in [0.4, 0.5) is 5.69 Å². The van der Waals surface area contributed by atoms with Gasteiger partial charge in [0.05, 0.1) is 34.0 Å². The normalized spacial score (nSPS) is 10.5. The molecule has 1 heterocycles. The highest BCUT2D eigenvalue weighted by molar-refractivity contribution is 7.99. The first kappa shape index (κ1) is 22.1. The van der Waals surface area contributed by atoms with Gasteiger partial charge >= 0.3 is 0 Å². The summed E-state index contributed by atoms with van der Waals surface area (Å²) in [6.45, 7) is 4.13. The topological polar surface area (TPSA) is 79.0 Å². The Balaban J connectivity index is 1.72. The number of thioether (sulfide) groups is 1. The third-order valence-corrected chi connectivity index (χ3v) is 5.93. The van der Waals surface area contributed by atoms with Gasteiger partial charge in [-0.2, -0.15) is 5.26 Å². The quantitative estimate of drug-likeness (QED) is 0.233. The molecular weight excluding hydrogens is 432 g/mol. The van der Waals surface area contributed by atoms with Crippen molar-refractivity contribution in [2.24, 2.45) is 0 Å². The van der Waals surface area contributed by atoms with Crippen molar-refractivity contribution in [1.29, 1.82) is 5.26 Å². The van der Waals surface area contributed by atoms with E-state index in [0.29, 0.717) is 33.9 Å². The minimum Gasteiger partial charge on any atom is -0.308 e. The second kappa shape index (κ2) is 9.98. The number of rotatable bonds is 7. The number of amides is 1. The van der Waals surface area contributed by atoms with Crippen LogP contribution in [0.15, 0.2) is 101 Å². The van der Waals surface area contributed by atoms with Gasteiger partial charge in [-0.15, -0.1) is 6.58 Å². The van der Waals surface area contributed by atoms with Crippen LogP contribution in [0.5, 0.6) is 0 Å². The lowest BCUT2D eigenvalue weighted by atomic mass is 10.2. The summed E-state index contributed by atoms with van der Waals surface area (Å²) in [5, 5.41) is 9.99. The van der Waals surface area contributed by atoms with Gasteiger partial charge in [0, 0.05) is 12.2 Å². The molecule has 0 aliphatic rings. The van der Waals surface area contributed by atoms with E-state index < -0.39 is 0 Å². The van der Waals surface area contributed by atoms with Crippen molar-refractivity contribution in [3.05, 3.63) is 107 Å². The highest BCUT2D eigenvalue weighted by Gasteiger charge is 2.18. The number of hydrogen-bond acceptors (Lipinski definition) is 5. The lowest BCUT2D eigenvalue weighted by Crippen LogP contribution is -2.32. The molecule has 7 heteroatoms. The smallest absolute Gasteiger partial charge is 0.266 e. The number of carbonyl (C=O) groups is 1. The Morgan fingerprint density at radius 1 is 1.06 bits per heavy atom. The largest absolute Gasteiger partial charge is 0.308 e. The molecule has 33 heavy (non-hydrogen) atoms. The molecule has 6 nitrogen and oxygen atoms in total. The summed E-state index contributed by atoms with van der Waals surface area (Å²) in [6, 6.07) is 25.3. The molecule has 0 saturated heterocycles. The van der Waals surface area contributed by atoms with E-state index >= 15 is 0 Å². The Bertz CT molecular complexity index is 1410. The van der Waals surface area contributed by atoms with E-state index in [1.807, 2.05) is 36.4 Å². The van der Waals surface area contributed by atoms with Gasteiger partial charge in [-0.05, 0) is 48.5 Å². The maximum absolute atomic E-state index is 13.3. The second-order valence-corrected chi connectivity index (χ2v) is 8.07. The van der Waals surface area contributed by atoms with Crippen LogP contribution in [0.1, 0.15) is 5.56 Å². The Morgan fingerprint density at radius 2 is 1.76 bits per heavy atom. The molecule has 0 unspecified atom stereocenters. The Kier molecular flexibility index (Phi) is 6.67. The molecule has 0 radical (unpaired) electrons. The van der Waals surface area contributed by atoms with Crippen molar-refractivity contribution in [2.45, 2.75) is 5.16 Å². The Labute approximate surface area is 195 Å². The number of anilines is 1. The SMILES string of the molecule is C=CCN(C(=O)CSc1nc2ccccc2c(=O)n1-c1ccc(C#N)cc1)c1ccccc1. The summed E-state index contributed by atoms with van der Waals surface area (Å²) in [4.78, 5) is 32.8. The molecule has 0 atom stereocenters. The van der Waals surface area contributed by atoms with Crippen molar-refractivity contribution in [2.75, 3.05) is 17.2 Å². The van der Waals surface area contributed by atoms with Crippen molar-refractivity contribution in [1.82, 2.24) is 9.55 Å². The van der Waals surface area contributed by atoms with Gasteiger partial charge in [-0.3, -0.25) is 14.2 Å². The number of aromatic nitrogens is 2.